The van der Waals surface area contributed by atoms with Crippen LogP contribution < -0.4 is 0 Å². The van der Waals surface area contributed by atoms with Crippen molar-refractivity contribution in [3.05, 3.63) is 36.2 Å². The lowest BCUT2D eigenvalue weighted by molar-refractivity contribution is 0.482. The maximum absolute atomic E-state index is 11.7. The van der Waals surface area contributed by atoms with Crippen molar-refractivity contribution in [1.29, 1.82) is 0 Å². The Kier molecular flexibility index (Phi) is 2.77. The van der Waals surface area contributed by atoms with E-state index in [4.69, 9.17) is 0 Å². The zero-order valence-electron chi connectivity index (χ0n) is 10.4. The maximum atomic E-state index is 11.7. The second-order valence-electron chi connectivity index (χ2n) is 4.24. The summed E-state index contributed by atoms with van der Waals surface area (Å²) in [6, 6.07) is 7.08. The average molecular weight is 290 g/mol. The summed E-state index contributed by atoms with van der Waals surface area (Å²) in [4.78, 5) is 7.92. The number of nitrogens with zero attached hydrogens (tertiary/aromatic N) is 3. The lowest BCUT2D eigenvalue weighted by atomic mass is 10.1. The first-order chi connectivity index (χ1) is 9.48. The summed E-state index contributed by atoms with van der Waals surface area (Å²) in [5.74, 6) is 0.187. The Bertz CT molecular complexity index is 888. The van der Waals surface area contributed by atoms with Crippen LogP contribution in [0.3, 0.4) is 0 Å². The van der Waals surface area contributed by atoms with E-state index >= 15 is 0 Å². The van der Waals surface area contributed by atoms with Crippen molar-refractivity contribution in [2.45, 2.75) is 11.8 Å². The Morgan fingerprint density at radius 3 is 2.65 bits per heavy atom. The molecule has 0 aliphatic rings. The predicted octanol–water partition coefficient (Wildman–Crippen LogP) is 1.58. The van der Waals surface area contributed by atoms with Crippen LogP contribution in [0, 0.1) is 6.92 Å². The smallest absolute Gasteiger partial charge is 0.282 e. The number of pyridine rings is 1. The summed E-state index contributed by atoms with van der Waals surface area (Å²) in [7, 11) is -4.43. The van der Waals surface area contributed by atoms with Crippen LogP contribution in [0.2, 0.25) is 0 Å². The number of hydrogen-bond donors (Lipinski definition) is 2. The molecule has 7 nitrogen and oxygen atoms in total. The molecule has 2 heterocycles. The molecular weight excluding hydrogens is 280 g/mol. The molecule has 0 amide bonds. The number of benzene rings is 1. The first kappa shape index (κ1) is 12.7. The van der Waals surface area contributed by atoms with Gasteiger partial charge in [-0.05, 0) is 18.6 Å². The van der Waals surface area contributed by atoms with E-state index in [0.717, 1.165) is 0 Å². The van der Waals surface area contributed by atoms with Crippen LogP contribution in [0.15, 0.2) is 35.5 Å². The number of fused-ring (bicyclic) bond motifs is 1. The van der Waals surface area contributed by atoms with E-state index in [1.807, 2.05) is 0 Å². The molecule has 0 spiro atoms. The van der Waals surface area contributed by atoms with Crippen LogP contribution >= 0.6 is 0 Å². The van der Waals surface area contributed by atoms with Crippen molar-refractivity contribution in [3.8, 4) is 11.5 Å². The zero-order valence-corrected chi connectivity index (χ0v) is 11.2. The monoisotopic (exact) mass is 290 g/mol. The number of nitrogens with one attached hydrogen (secondary N) is 1. The standard InChI is InChI=1S/C12H10N4O3S/c1-7-8-4-2-3-5-9(8)15-10(11(7)20(17,18)19)12-13-6-14-16-12/h2-6H,1H3,(H,13,14,16)(H,17,18,19). The van der Waals surface area contributed by atoms with Crippen molar-refractivity contribution < 1.29 is 13.0 Å². The van der Waals surface area contributed by atoms with Gasteiger partial charge in [-0.2, -0.15) is 13.5 Å². The third-order valence-corrected chi connectivity index (χ3v) is 4.01. The number of hydrogen-bond acceptors (Lipinski definition) is 5. The molecule has 0 saturated heterocycles. The highest BCUT2D eigenvalue weighted by molar-refractivity contribution is 7.86. The highest BCUT2D eigenvalue weighted by Crippen LogP contribution is 2.30. The predicted molar refractivity (Wildman–Crippen MR) is 71.7 cm³/mol. The molecule has 2 aromatic heterocycles. The summed E-state index contributed by atoms with van der Waals surface area (Å²) in [5, 5.41) is 6.89. The molecule has 1 aromatic carbocycles. The van der Waals surface area contributed by atoms with Gasteiger partial charge in [0.1, 0.15) is 16.9 Å². The van der Waals surface area contributed by atoms with E-state index in [2.05, 4.69) is 20.2 Å². The van der Waals surface area contributed by atoms with E-state index < -0.39 is 10.1 Å². The largest absolute Gasteiger partial charge is 0.297 e. The SMILES string of the molecule is Cc1c(S(=O)(=O)O)c(-c2ncn[nH]2)nc2ccccc12. The lowest BCUT2D eigenvalue weighted by Crippen LogP contribution is -2.07. The molecule has 20 heavy (non-hydrogen) atoms. The topological polar surface area (TPSA) is 109 Å². The molecule has 3 rings (SSSR count). The van der Waals surface area contributed by atoms with Gasteiger partial charge in [0.15, 0.2) is 5.82 Å². The fourth-order valence-electron chi connectivity index (χ4n) is 2.16. The number of rotatable bonds is 2. The van der Waals surface area contributed by atoms with Gasteiger partial charge < -0.3 is 0 Å². The van der Waals surface area contributed by atoms with Gasteiger partial charge in [-0.3, -0.25) is 9.65 Å². The number of aromatic nitrogens is 4. The second kappa shape index (κ2) is 4.36. The summed E-state index contributed by atoms with van der Waals surface area (Å²) in [6.07, 6.45) is 1.25. The van der Waals surface area contributed by atoms with Crippen molar-refractivity contribution >= 4 is 21.0 Å². The highest BCUT2D eigenvalue weighted by atomic mass is 32.2. The average Bonchev–Trinajstić information content (AvgIpc) is 2.90. The number of H-pyrrole nitrogens is 1. The van der Waals surface area contributed by atoms with Crippen molar-refractivity contribution in [2.24, 2.45) is 0 Å². The summed E-state index contributed by atoms with van der Waals surface area (Å²) < 4.78 is 32.8. The van der Waals surface area contributed by atoms with Gasteiger partial charge >= 0.3 is 0 Å². The molecular formula is C12H10N4O3S. The Labute approximate surface area is 114 Å². The van der Waals surface area contributed by atoms with Crippen molar-refractivity contribution in [3.63, 3.8) is 0 Å². The molecule has 0 fully saturated rings. The third kappa shape index (κ3) is 1.95. The van der Waals surface area contributed by atoms with Crippen LogP contribution in [0.25, 0.3) is 22.4 Å². The summed E-state index contributed by atoms with van der Waals surface area (Å²) in [6.45, 7) is 1.62. The van der Waals surface area contributed by atoms with E-state index in [1.165, 1.54) is 6.33 Å². The lowest BCUT2D eigenvalue weighted by Gasteiger charge is -2.10. The zero-order chi connectivity index (χ0) is 14.3. The molecule has 8 heteroatoms. The molecule has 102 valence electrons. The Morgan fingerprint density at radius 2 is 2.00 bits per heavy atom. The molecule has 2 N–H and O–H groups in total. The van der Waals surface area contributed by atoms with Crippen molar-refractivity contribution in [1.82, 2.24) is 20.2 Å². The number of aryl methyl sites for hydroxylation is 1. The number of para-hydroxylation sites is 1. The van der Waals surface area contributed by atoms with Gasteiger partial charge in [0.25, 0.3) is 10.1 Å². The Morgan fingerprint density at radius 1 is 1.25 bits per heavy atom. The van der Waals surface area contributed by atoms with Gasteiger partial charge in [0.2, 0.25) is 0 Å². The fourth-order valence-corrected chi connectivity index (χ4v) is 3.04. The highest BCUT2D eigenvalue weighted by Gasteiger charge is 2.24. The third-order valence-electron chi connectivity index (χ3n) is 2.99. The molecule has 3 aromatic rings. The molecule has 0 bridgehead atoms. The van der Waals surface area contributed by atoms with Gasteiger partial charge in [-0.15, -0.1) is 0 Å². The molecule has 0 atom stereocenters. The number of aromatic amines is 1. The van der Waals surface area contributed by atoms with Gasteiger partial charge in [-0.25, -0.2) is 9.97 Å². The van der Waals surface area contributed by atoms with Crippen LogP contribution in [-0.2, 0) is 10.1 Å². The van der Waals surface area contributed by atoms with Crippen LogP contribution in [0.4, 0.5) is 0 Å². The first-order valence-corrected chi connectivity index (χ1v) is 7.15. The molecule has 0 radical (unpaired) electrons. The van der Waals surface area contributed by atoms with E-state index in [0.29, 0.717) is 16.5 Å². The minimum absolute atomic E-state index is 0.0567. The van der Waals surface area contributed by atoms with Crippen molar-refractivity contribution in [2.75, 3.05) is 0 Å². The van der Waals surface area contributed by atoms with Crippen LogP contribution in [-0.4, -0.2) is 33.1 Å². The first-order valence-electron chi connectivity index (χ1n) is 5.71. The Balaban J connectivity index is 2.50. The van der Waals surface area contributed by atoms with Gasteiger partial charge in [-0.1, -0.05) is 18.2 Å². The second-order valence-corrected chi connectivity index (χ2v) is 5.60. The quantitative estimate of drug-likeness (QED) is 0.693. The molecule has 0 aliphatic heterocycles. The minimum Gasteiger partial charge on any atom is -0.282 e. The Hall–Kier alpha value is -2.32. The van der Waals surface area contributed by atoms with E-state index in [1.54, 1.807) is 31.2 Å². The maximum Gasteiger partial charge on any atom is 0.297 e. The molecule has 0 unspecified atom stereocenters. The van der Waals surface area contributed by atoms with Gasteiger partial charge in [0, 0.05) is 5.39 Å². The van der Waals surface area contributed by atoms with Crippen LogP contribution in [0.5, 0.6) is 0 Å². The summed E-state index contributed by atoms with van der Waals surface area (Å²) >= 11 is 0. The van der Waals surface area contributed by atoms with E-state index in [-0.39, 0.29) is 16.4 Å². The fraction of sp³-hybridized carbons (Fsp3) is 0.0833. The molecule has 0 aliphatic carbocycles. The molecule has 0 saturated carbocycles. The van der Waals surface area contributed by atoms with Gasteiger partial charge in [0.05, 0.1) is 5.52 Å². The van der Waals surface area contributed by atoms with Crippen LogP contribution in [0.1, 0.15) is 5.56 Å². The normalized spacial score (nSPS) is 11.9. The summed E-state index contributed by atoms with van der Waals surface area (Å²) in [5.41, 5.74) is 1.09. The van der Waals surface area contributed by atoms with E-state index in [9.17, 15) is 13.0 Å². The minimum atomic E-state index is -4.43.